The number of benzene rings is 2. The van der Waals surface area contributed by atoms with Gasteiger partial charge in [-0.25, -0.2) is 0 Å². The SMILES string of the molecule is CC1CCN(CCCNC(=O)c2ccc([C@@H]3SCC(=O)N3Cc3ccccc3)cc2)CC1. The maximum absolute atomic E-state index is 12.5. The van der Waals surface area contributed by atoms with Crippen LogP contribution in [0, 0.1) is 5.92 Å². The van der Waals surface area contributed by atoms with E-state index < -0.39 is 0 Å². The van der Waals surface area contributed by atoms with E-state index in [1.54, 1.807) is 11.8 Å². The first-order valence-electron chi connectivity index (χ1n) is 11.7. The number of nitrogens with zero attached hydrogens (tertiary/aromatic N) is 2. The van der Waals surface area contributed by atoms with Gasteiger partial charge in [-0.2, -0.15) is 0 Å². The Labute approximate surface area is 195 Å². The summed E-state index contributed by atoms with van der Waals surface area (Å²) in [6.07, 6.45) is 3.55. The minimum absolute atomic E-state index is 0.00733. The average molecular weight is 452 g/mol. The first-order chi connectivity index (χ1) is 15.6. The van der Waals surface area contributed by atoms with Gasteiger partial charge in [-0.3, -0.25) is 9.59 Å². The molecule has 2 aliphatic heterocycles. The van der Waals surface area contributed by atoms with Crippen molar-refractivity contribution in [3.63, 3.8) is 0 Å². The number of hydrogen-bond acceptors (Lipinski definition) is 4. The highest BCUT2D eigenvalue weighted by Gasteiger charge is 2.32. The molecule has 1 N–H and O–H groups in total. The van der Waals surface area contributed by atoms with E-state index in [1.165, 1.54) is 25.9 Å². The molecule has 0 aliphatic carbocycles. The molecule has 2 saturated heterocycles. The Balaban J connectivity index is 1.27. The molecule has 5 nitrogen and oxygen atoms in total. The first kappa shape index (κ1) is 22.9. The number of nitrogens with one attached hydrogen (secondary N) is 1. The fraction of sp³-hybridized carbons (Fsp3) is 0.462. The van der Waals surface area contributed by atoms with Gasteiger partial charge in [0.1, 0.15) is 5.37 Å². The van der Waals surface area contributed by atoms with Crippen LogP contribution < -0.4 is 5.32 Å². The molecule has 32 heavy (non-hydrogen) atoms. The van der Waals surface area contributed by atoms with Crippen LogP contribution in [0.1, 0.15) is 53.0 Å². The van der Waals surface area contributed by atoms with Crippen molar-refractivity contribution in [2.75, 3.05) is 31.9 Å². The number of thioether (sulfide) groups is 1. The molecular formula is C26H33N3O2S. The lowest BCUT2D eigenvalue weighted by molar-refractivity contribution is -0.128. The van der Waals surface area contributed by atoms with E-state index in [-0.39, 0.29) is 17.2 Å². The van der Waals surface area contributed by atoms with Crippen molar-refractivity contribution in [1.29, 1.82) is 0 Å². The lowest BCUT2D eigenvalue weighted by Gasteiger charge is -2.30. The van der Waals surface area contributed by atoms with Crippen LogP contribution in [-0.2, 0) is 11.3 Å². The van der Waals surface area contributed by atoms with Crippen LogP contribution in [0.2, 0.25) is 0 Å². The van der Waals surface area contributed by atoms with Gasteiger partial charge >= 0.3 is 0 Å². The molecule has 0 unspecified atom stereocenters. The number of hydrogen-bond donors (Lipinski definition) is 1. The molecule has 0 radical (unpaired) electrons. The zero-order chi connectivity index (χ0) is 22.3. The highest BCUT2D eigenvalue weighted by molar-refractivity contribution is 8.00. The van der Waals surface area contributed by atoms with E-state index in [1.807, 2.05) is 59.5 Å². The highest BCUT2D eigenvalue weighted by atomic mass is 32.2. The van der Waals surface area contributed by atoms with Crippen molar-refractivity contribution >= 4 is 23.6 Å². The minimum atomic E-state index is -0.0277. The molecule has 2 heterocycles. The van der Waals surface area contributed by atoms with Gasteiger partial charge in [0.2, 0.25) is 5.91 Å². The zero-order valence-electron chi connectivity index (χ0n) is 18.8. The minimum Gasteiger partial charge on any atom is -0.352 e. The van der Waals surface area contributed by atoms with Crippen LogP contribution in [0.5, 0.6) is 0 Å². The molecule has 2 aliphatic rings. The Bertz CT molecular complexity index is 895. The normalized spacial score (nSPS) is 20.0. The number of amides is 2. The quantitative estimate of drug-likeness (QED) is 0.608. The summed E-state index contributed by atoms with van der Waals surface area (Å²) in [5, 5.41) is 3.04. The summed E-state index contributed by atoms with van der Waals surface area (Å²) in [6.45, 7) is 7.04. The summed E-state index contributed by atoms with van der Waals surface area (Å²) < 4.78 is 0. The summed E-state index contributed by atoms with van der Waals surface area (Å²) in [6, 6.07) is 17.8. The summed E-state index contributed by atoms with van der Waals surface area (Å²) in [5.74, 6) is 1.48. The monoisotopic (exact) mass is 451 g/mol. The van der Waals surface area contributed by atoms with Gasteiger partial charge in [0.15, 0.2) is 0 Å². The van der Waals surface area contributed by atoms with E-state index in [9.17, 15) is 9.59 Å². The number of piperidine rings is 1. The fourth-order valence-electron chi connectivity index (χ4n) is 4.37. The molecule has 2 amide bonds. The Morgan fingerprint density at radius 1 is 1.06 bits per heavy atom. The van der Waals surface area contributed by atoms with Gasteiger partial charge in [-0.15, -0.1) is 11.8 Å². The van der Waals surface area contributed by atoms with E-state index in [0.717, 1.165) is 30.0 Å². The van der Waals surface area contributed by atoms with Crippen LogP contribution in [0.4, 0.5) is 0 Å². The van der Waals surface area contributed by atoms with Gasteiger partial charge in [0.25, 0.3) is 5.91 Å². The molecule has 6 heteroatoms. The molecule has 170 valence electrons. The number of likely N-dealkylation sites (tertiary alicyclic amines) is 1. The van der Waals surface area contributed by atoms with E-state index in [2.05, 4.69) is 17.1 Å². The van der Waals surface area contributed by atoms with Gasteiger partial charge in [-0.05, 0) is 68.1 Å². The zero-order valence-corrected chi connectivity index (χ0v) is 19.7. The summed E-state index contributed by atoms with van der Waals surface area (Å²) >= 11 is 1.65. The lowest BCUT2D eigenvalue weighted by atomic mass is 9.99. The van der Waals surface area contributed by atoms with Crippen LogP contribution in [-0.4, -0.2) is 53.5 Å². The fourth-order valence-corrected chi connectivity index (χ4v) is 5.56. The van der Waals surface area contributed by atoms with Crippen LogP contribution >= 0.6 is 11.8 Å². The van der Waals surface area contributed by atoms with Gasteiger partial charge in [0.05, 0.1) is 5.75 Å². The summed E-state index contributed by atoms with van der Waals surface area (Å²) in [4.78, 5) is 29.4. The molecule has 0 saturated carbocycles. The van der Waals surface area contributed by atoms with Crippen LogP contribution in [0.3, 0.4) is 0 Å². The average Bonchev–Trinajstić information content (AvgIpc) is 3.18. The van der Waals surface area contributed by atoms with Crippen molar-refractivity contribution in [3.8, 4) is 0 Å². The molecular weight excluding hydrogens is 418 g/mol. The number of carbonyl (C=O) groups is 2. The van der Waals surface area contributed by atoms with Crippen molar-refractivity contribution in [2.45, 2.75) is 38.1 Å². The Hall–Kier alpha value is -2.31. The molecule has 0 bridgehead atoms. The van der Waals surface area contributed by atoms with Crippen molar-refractivity contribution in [3.05, 3.63) is 71.3 Å². The van der Waals surface area contributed by atoms with Crippen molar-refractivity contribution < 1.29 is 9.59 Å². The standard InChI is InChI=1S/C26H33N3O2S/c1-20-12-16-28(17-13-20)15-5-14-27-25(31)22-8-10-23(11-9-22)26-29(24(30)19-32-26)18-21-6-3-2-4-7-21/h2-4,6-11,20,26H,5,12-19H2,1H3,(H,27,31)/t26-/m0/s1. The van der Waals surface area contributed by atoms with Gasteiger partial charge in [0, 0.05) is 18.7 Å². The number of rotatable bonds is 8. The molecule has 1 atom stereocenters. The van der Waals surface area contributed by atoms with Gasteiger partial charge in [-0.1, -0.05) is 49.4 Å². The topological polar surface area (TPSA) is 52.7 Å². The third-order valence-electron chi connectivity index (χ3n) is 6.43. The Morgan fingerprint density at radius 2 is 1.78 bits per heavy atom. The van der Waals surface area contributed by atoms with Crippen molar-refractivity contribution in [1.82, 2.24) is 15.1 Å². The molecule has 2 fully saturated rings. The largest absolute Gasteiger partial charge is 0.352 e. The maximum Gasteiger partial charge on any atom is 0.251 e. The molecule has 4 rings (SSSR count). The second-order valence-electron chi connectivity index (χ2n) is 8.93. The summed E-state index contributed by atoms with van der Waals surface area (Å²) in [7, 11) is 0. The Morgan fingerprint density at radius 3 is 2.50 bits per heavy atom. The second kappa shape index (κ2) is 11.0. The second-order valence-corrected chi connectivity index (χ2v) is 9.99. The van der Waals surface area contributed by atoms with E-state index >= 15 is 0 Å². The van der Waals surface area contributed by atoms with E-state index in [0.29, 0.717) is 24.4 Å². The summed E-state index contributed by atoms with van der Waals surface area (Å²) in [5.41, 5.74) is 2.86. The third kappa shape index (κ3) is 5.93. The van der Waals surface area contributed by atoms with Gasteiger partial charge < -0.3 is 15.1 Å². The predicted molar refractivity (Wildman–Crippen MR) is 130 cm³/mol. The Kier molecular flexibility index (Phi) is 7.87. The highest BCUT2D eigenvalue weighted by Crippen LogP contribution is 2.39. The molecule has 0 aromatic heterocycles. The molecule has 0 spiro atoms. The number of carbonyl (C=O) groups excluding carboxylic acids is 2. The lowest BCUT2D eigenvalue weighted by Crippen LogP contribution is -2.35. The van der Waals surface area contributed by atoms with Crippen LogP contribution in [0.15, 0.2) is 54.6 Å². The van der Waals surface area contributed by atoms with Crippen molar-refractivity contribution in [2.24, 2.45) is 5.92 Å². The smallest absolute Gasteiger partial charge is 0.251 e. The first-order valence-corrected chi connectivity index (χ1v) is 12.7. The predicted octanol–water partition coefficient (Wildman–Crippen LogP) is 4.31. The molecule has 2 aromatic rings. The van der Waals surface area contributed by atoms with Crippen LogP contribution in [0.25, 0.3) is 0 Å². The third-order valence-corrected chi connectivity index (χ3v) is 7.69. The molecule has 2 aromatic carbocycles. The maximum atomic E-state index is 12.5. The van der Waals surface area contributed by atoms with E-state index in [4.69, 9.17) is 0 Å².